The Hall–Kier alpha value is -3.28. The lowest BCUT2D eigenvalue weighted by Crippen LogP contribution is -2.32. The van der Waals surface area contributed by atoms with E-state index in [9.17, 15) is 4.79 Å². The van der Waals surface area contributed by atoms with Gasteiger partial charge in [-0.1, -0.05) is 32.3 Å². The average Bonchev–Trinajstić information content (AvgIpc) is 2.73. The molecule has 0 bridgehead atoms. The van der Waals surface area contributed by atoms with Gasteiger partial charge in [0, 0.05) is 35.6 Å². The Morgan fingerprint density at radius 3 is 2.62 bits per heavy atom. The van der Waals surface area contributed by atoms with Gasteiger partial charge in [0.15, 0.2) is 0 Å². The third-order valence-corrected chi connectivity index (χ3v) is 6.41. The Labute approximate surface area is 189 Å². The normalized spacial score (nSPS) is 14.8. The van der Waals surface area contributed by atoms with Gasteiger partial charge in [-0.2, -0.15) is 0 Å². The summed E-state index contributed by atoms with van der Waals surface area (Å²) in [6.45, 7) is 6.49. The van der Waals surface area contributed by atoms with Gasteiger partial charge in [-0.05, 0) is 67.2 Å². The largest absolute Gasteiger partial charge is 0.383 e. The van der Waals surface area contributed by atoms with Gasteiger partial charge in [-0.15, -0.1) is 0 Å². The van der Waals surface area contributed by atoms with E-state index in [0.717, 1.165) is 40.4 Å². The van der Waals surface area contributed by atoms with Gasteiger partial charge in [0.25, 0.3) is 0 Å². The number of carbonyl (C=O) groups is 1. The first kappa shape index (κ1) is 21.9. The first-order valence-corrected chi connectivity index (χ1v) is 11.4. The summed E-state index contributed by atoms with van der Waals surface area (Å²) >= 11 is 0. The minimum absolute atomic E-state index is 0.126. The molecular formula is C26H31N5O. The number of aryl methyl sites for hydroxylation is 1. The van der Waals surface area contributed by atoms with Crippen LogP contribution < -0.4 is 11.1 Å². The molecule has 1 saturated carbocycles. The molecule has 3 aromatic heterocycles. The number of hydrogen-bond acceptors (Lipinski definition) is 5. The highest BCUT2D eigenvalue weighted by atomic mass is 16.1. The van der Waals surface area contributed by atoms with E-state index in [1.165, 1.54) is 31.3 Å². The standard InChI is InChI=1S/C26H31N5O/c1-4-7-26(8-5-2)13-18(14-26)10-24(32)31-23-12-19-11-22(20-15-28-9-6-17(20)3)30-25(27)21(19)16-29-23/h6,9-12,15-16H,4-5,7-8,13-14H2,1-3H3,(H2,27,30)(H,29,31,32). The molecule has 0 aliphatic heterocycles. The van der Waals surface area contributed by atoms with Crippen molar-refractivity contribution in [1.29, 1.82) is 0 Å². The van der Waals surface area contributed by atoms with Crippen LogP contribution in [-0.4, -0.2) is 20.9 Å². The molecule has 0 saturated heterocycles. The number of fused-ring (bicyclic) bond motifs is 1. The summed E-state index contributed by atoms with van der Waals surface area (Å²) in [5.41, 5.74) is 10.6. The molecule has 4 rings (SSSR count). The number of rotatable bonds is 7. The molecule has 0 radical (unpaired) electrons. The van der Waals surface area contributed by atoms with Crippen molar-refractivity contribution in [3.63, 3.8) is 0 Å². The maximum atomic E-state index is 12.6. The predicted molar refractivity (Wildman–Crippen MR) is 130 cm³/mol. The molecule has 0 aromatic carbocycles. The summed E-state index contributed by atoms with van der Waals surface area (Å²) in [5, 5.41) is 4.55. The number of nitrogen functional groups attached to an aromatic ring is 1. The van der Waals surface area contributed by atoms with E-state index in [1.807, 2.05) is 25.1 Å². The van der Waals surface area contributed by atoms with E-state index in [-0.39, 0.29) is 5.91 Å². The highest BCUT2D eigenvalue weighted by Crippen LogP contribution is 2.51. The van der Waals surface area contributed by atoms with Gasteiger partial charge < -0.3 is 11.1 Å². The van der Waals surface area contributed by atoms with E-state index < -0.39 is 0 Å². The Morgan fingerprint density at radius 1 is 1.19 bits per heavy atom. The molecule has 6 nitrogen and oxygen atoms in total. The fourth-order valence-corrected chi connectivity index (χ4v) is 5.01. The van der Waals surface area contributed by atoms with Gasteiger partial charge in [-0.3, -0.25) is 9.78 Å². The zero-order valence-corrected chi connectivity index (χ0v) is 19.1. The third-order valence-electron chi connectivity index (χ3n) is 6.41. The molecule has 1 aliphatic rings. The van der Waals surface area contributed by atoms with Crippen molar-refractivity contribution >= 4 is 28.3 Å². The second-order valence-corrected chi connectivity index (χ2v) is 9.02. The monoisotopic (exact) mass is 429 g/mol. The lowest BCUT2D eigenvalue weighted by molar-refractivity contribution is -0.112. The second-order valence-electron chi connectivity index (χ2n) is 9.02. The molecule has 0 spiro atoms. The number of allylic oxidation sites excluding steroid dienone is 1. The van der Waals surface area contributed by atoms with Gasteiger partial charge in [0.05, 0.1) is 5.69 Å². The van der Waals surface area contributed by atoms with Gasteiger partial charge >= 0.3 is 0 Å². The first-order chi connectivity index (χ1) is 15.4. The van der Waals surface area contributed by atoms with E-state index in [4.69, 9.17) is 5.73 Å². The molecule has 1 amide bonds. The Kier molecular flexibility index (Phi) is 6.21. The molecule has 1 fully saturated rings. The lowest BCUT2D eigenvalue weighted by atomic mass is 9.61. The number of anilines is 2. The summed E-state index contributed by atoms with van der Waals surface area (Å²) in [5.74, 6) is 0.788. The number of nitrogens with zero attached hydrogens (tertiary/aromatic N) is 3. The summed E-state index contributed by atoms with van der Waals surface area (Å²) in [6.07, 6.45) is 13.9. The number of pyridine rings is 3. The average molecular weight is 430 g/mol. The van der Waals surface area contributed by atoms with Crippen LogP contribution in [0.1, 0.15) is 57.9 Å². The van der Waals surface area contributed by atoms with Crippen molar-refractivity contribution in [2.75, 3.05) is 11.1 Å². The van der Waals surface area contributed by atoms with E-state index in [1.54, 1.807) is 24.7 Å². The SMILES string of the molecule is CCCC1(CCC)CC(=CC(=O)Nc2cc3cc(-c4cnccc4C)nc(N)c3cn2)C1. The predicted octanol–water partition coefficient (Wildman–Crippen LogP) is 5.83. The van der Waals surface area contributed by atoms with Crippen LogP contribution in [0.5, 0.6) is 0 Å². The van der Waals surface area contributed by atoms with Crippen LogP contribution in [0.15, 0.2) is 48.4 Å². The number of nitrogens with one attached hydrogen (secondary N) is 1. The Balaban J connectivity index is 1.53. The van der Waals surface area contributed by atoms with Crippen molar-refractivity contribution in [3.05, 3.63) is 54.0 Å². The van der Waals surface area contributed by atoms with Crippen molar-refractivity contribution in [1.82, 2.24) is 15.0 Å². The van der Waals surface area contributed by atoms with Crippen molar-refractivity contribution in [3.8, 4) is 11.3 Å². The number of nitrogens with two attached hydrogens (primary N) is 1. The molecule has 3 heterocycles. The molecule has 1 aliphatic carbocycles. The summed E-state index contributed by atoms with van der Waals surface area (Å²) in [7, 11) is 0. The number of amides is 1. The van der Waals surface area contributed by atoms with E-state index in [0.29, 0.717) is 17.1 Å². The van der Waals surface area contributed by atoms with Crippen LogP contribution in [0, 0.1) is 12.3 Å². The van der Waals surface area contributed by atoms with Crippen LogP contribution in [0.4, 0.5) is 11.6 Å². The van der Waals surface area contributed by atoms with Gasteiger partial charge in [-0.25, -0.2) is 9.97 Å². The third kappa shape index (κ3) is 4.49. The van der Waals surface area contributed by atoms with E-state index in [2.05, 4.69) is 34.1 Å². The summed E-state index contributed by atoms with van der Waals surface area (Å²) in [6, 6.07) is 5.75. The fourth-order valence-electron chi connectivity index (χ4n) is 5.01. The molecule has 32 heavy (non-hydrogen) atoms. The smallest absolute Gasteiger partial charge is 0.249 e. The molecule has 166 valence electrons. The van der Waals surface area contributed by atoms with E-state index >= 15 is 0 Å². The molecular weight excluding hydrogens is 398 g/mol. The zero-order chi connectivity index (χ0) is 22.7. The lowest BCUT2D eigenvalue weighted by Gasteiger charge is -2.44. The maximum Gasteiger partial charge on any atom is 0.249 e. The van der Waals surface area contributed by atoms with Crippen LogP contribution in [-0.2, 0) is 4.79 Å². The number of hydrogen-bond donors (Lipinski definition) is 2. The number of carbonyl (C=O) groups excluding carboxylic acids is 1. The van der Waals surface area contributed by atoms with Crippen molar-refractivity contribution < 1.29 is 4.79 Å². The minimum atomic E-state index is -0.126. The Morgan fingerprint density at radius 2 is 1.94 bits per heavy atom. The Bertz CT molecular complexity index is 1170. The molecule has 6 heteroatoms. The van der Waals surface area contributed by atoms with Gasteiger partial charge in [0.2, 0.25) is 5.91 Å². The van der Waals surface area contributed by atoms with Crippen LogP contribution >= 0.6 is 0 Å². The van der Waals surface area contributed by atoms with Crippen LogP contribution in [0.2, 0.25) is 0 Å². The summed E-state index contributed by atoms with van der Waals surface area (Å²) < 4.78 is 0. The minimum Gasteiger partial charge on any atom is -0.383 e. The molecule has 0 unspecified atom stereocenters. The highest BCUT2D eigenvalue weighted by molar-refractivity contribution is 6.01. The van der Waals surface area contributed by atoms with Crippen molar-refractivity contribution in [2.24, 2.45) is 5.41 Å². The van der Waals surface area contributed by atoms with Crippen LogP contribution in [0.25, 0.3) is 22.0 Å². The van der Waals surface area contributed by atoms with Crippen molar-refractivity contribution in [2.45, 2.75) is 59.3 Å². The summed E-state index contributed by atoms with van der Waals surface area (Å²) in [4.78, 5) is 25.7. The topological polar surface area (TPSA) is 93.8 Å². The molecule has 3 N–H and O–H groups in total. The molecule has 3 aromatic rings. The maximum absolute atomic E-state index is 12.6. The molecule has 0 atom stereocenters. The highest BCUT2D eigenvalue weighted by Gasteiger charge is 2.38. The second kappa shape index (κ2) is 9.07. The first-order valence-electron chi connectivity index (χ1n) is 11.4. The fraction of sp³-hybridized carbons (Fsp3) is 0.385. The number of aromatic nitrogens is 3. The zero-order valence-electron chi connectivity index (χ0n) is 19.1. The van der Waals surface area contributed by atoms with Gasteiger partial charge in [0.1, 0.15) is 11.6 Å². The van der Waals surface area contributed by atoms with Crippen LogP contribution in [0.3, 0.4) is 0 Å². The quantitative estimate of drug-likeness (QED) is 0.461.